The Balaban J connectivity index is 2.85. The molecule has 0 fully saturated rings. The Morgan fingerprint density at radius 2 is 2.19 bits per heavy atom. The Hall–Kier alpha value is -2.24. The smallest absolute Gasteiger partial charge is 0.427 e. The highest BCUT2D eigenvalue weighted by Gasteiger charge is 2.04. The van der Waals surface area contributed by atoms with Crippen LogP contribution in [-0.2, 0) is 4.74 Å². The van der Waals surface area contributed by atoms with Gasteiger partial charge in [0.15, 0.2) is 0 Å². The van der Waals surface area contributed by atoms with Crippen molar-refractivity contribution in [3.63, 3.8) is 0 Å². The van der Waals surface area contributed by atoms with Gasteiger partial charge >= 0.3 is 6.09 Å². The Morgan fingerprint density at radius 3 is 2.75 bits per heavy atom. The molecule has 0 aromatic heterocycles. The molecular formula is C10H12N2O4. The number of phenolic OH excluding ortho intramolecular Hbond substituents is 2. The van der Waals surface area contributed by atoms with Crippen molar-refractivity contribution >= 4 is 12.3 Å². The molecule has 0 aliphatic carbocycles. The number of hydrazone groups is 1. The molecule has 0 spiro atoms. The second-order valence-corrected chi connectivity index (χ2v) is 3.06. The van der Waals surface area contributed by atoms with E-state index in [1.807, 2.05) is 0 Å². The quantitative estimate of drug-likeness (QED) is 0.518. The van der Waals surface area contributed by atoms with Crippen molar-refractivity contribution in [3.05, 3.63) is 23.3 Å². The van der Waals surface area contributed by atoms with Crippen LogP contribution >= 0.6 is 0 Å². The van der Waals surface area contributed by atoms with Crippen LogP contribution in [0.2, 0.25) is 0 Å². The molecule has 0 saturated carbocycles. The minimum absolute atomic E-state index is 0.0342. The van der Waals surface area contributed by atoms with Crippen LogP contribution < -0.4 is 5.43 Å². The monoisotopic (exact) mass is 224 g/mol. The fourth-order valence-corrected chi connectivity index (χ4v) is 1.12. The zero-order valence-electron chi connectivity index (χ0n) is 8.89. The van der Waals surface area contributed by atoms with E-state index in [0.29, 0.717) is 11.1 Å². The van der Waals surface area contributed by atoms with E-state index in [0.717, 1.165) is 0 Å². The average molecular weight is 224 g/mol. The first-order valence-corrected chi connectivity index (χ1v) is 4.44. The number of phenols is 2. The molecule has 86 valence electrons. The van der Waals surface area contributed by atoms with Gasteiger partial charge in [0.25, 0.3) is 0 Å². The number of carbonyl (C=O) groups is 1. The Bertz CT molecular complexity index is 406. The van der Waals surface area contributed by atoms with Gasteiger partial charge in [-0.1, -0.05) is 0 Å². The molecule has 6 heteroatoms. The normalized spacial score (nSPS) is 10.4. The van der Waals surface area contributed by atoms with Gasteiger partial charge in [0.05, 0.1) is 13.3 Å². The summed E-state index contributed by atoms with van der Waals surface area (Å²) >= 11 is 0. The van der Waals surface area contributed by atoms with Gasteiger partial charge in [0.2, 0.25) is 0 Å². The van der Waals surface area contributed by atoms with Gasteiger partial charge < -0.3 is 14.9 Å². The molecule has 0 aliphatic heterocycles. The summed E-state index contributed by atoms with van der Waals surface area (Å²) in [7, 11) is 1.22. The molecule has 0 unspecified atom stereocenters. The zero-order valence-corrected chi connectivity index (χ0v) is 8.89. The van der Waals surface area contributed by atoms with Crippen molar-refractivity contribution in [1.82, 2.24) is 5.43 Å². The number of nitrogens with one attached hydrogen (secondary N) is 1. The molecule has 1 aromatic carbocycles. The maximum Gasteiger partial charge on any atom is 0.427 e. The molecule has 0 atom stereocenters. The van der Waals surface area contributed by atoms with Gasteiger partial charge in [-0.2, -0.15) is 5.10 Å². The molecule has 0 radical (unpaired) electrons. The summed E-state index contributed by atoms with van der Waals surface area (Å²) < 4.78 is 4.30. The molecule has 1 rings (SSSR count). The van der Waals surface area contributed by atoms with Crippen molar-refractivity contribution in [1.29, 1.82) is 0 Å². The third kappa shape index (κ3) is 2.88. The zero-order chi connectivity index (χ0) is 12.1. The SMILES string of the molecule is COC(=O)NN=Cc1c(C)cc(O)cc1O. The average Bonchev–Trinajstić information content (AvgIpc) is 2.21. The Morgan fingerprint density at radius 1 is 1.50 bits per heavy atom. The summed E-state index contributed by atoms with van der Waals surface area (Å²) in [6.45, 7) is 1.69. The van der Waals surface area contributed by atoms with Crippen molar-refractivity contribution in [2.45, 2.75) is 6.92 Å². The van der Waals surface area contributed by atoms with Gasteiger partial charge in [-0.25, -0.2) is 10.2 Å². The topological polar surface area (TPSA) is 91.2 Å². The fourth-order valence-electron chi connectivity index (χ4n) is 1.12. The van der Waals surface area contributed by atoms with Crippen LogP contribution in [0.4, 0.5) is 4.79 Å². The van der Waals surface area contributed by atoms with Crippen molar-refractivity contribution in [2.75, 3.05) is 7.11 Å². The molecule has 0 bridgehead atoms. The number of methoxy groups -OCH3 is 1. The molecule has 3 N–H and O–H groups in total. The molecule has 1 amide bonds. The van der Waals surface area contributed by atoms with Gasteiger partial charge in [-0.15, -0.1) is 0 Å². The number of aryl methyl sites for hydroxylation is 1. The number of hydrogen-bond donors (Lipinski definition) is 3. The molecule has 6 nitrogen and oxygen atoms in total. The lowest BCUT2D eigenvalue weighted by molar-refractivity contribution is 0.171. The predicted molar refractivity (Wildman–Crippen MR) is 57.6 cm³/mol. The molecule has 0 saturated heterocycles. The molecule has 16 heavy (non-hydrogen) atoms. The van der Waals surface area contributed by atoms with Gasteiger partial charge in [-0.3, -0.25) is 0 Å². The number of ether oxygens (including phenoxy) is 1. The summed E-state index contributed by atoms with van der Waals surface area (Å²) in [4.78, 5) is 10.7. The first-order valence-electron chi connectivity index (χ1n) is 4.44. The van der Waals surface area contributed by atoms with Crippen LogP contribution in [0.25, 0.3) is 0 Å². The molecular weight excluding hydrogens is 212 g/mol. The summed E-state index contributed by atoms with van der Waals surface area (Å²) in [6.07, 6.45) is 0.563. The van der Waals surface area contributed by atoms with Gasteiger partial charge in [0.1, 0.15) is 11.5 Å². The molecule has 1 aromatic rings. The van der Waals surface area contributed by atoms with Gasteiger partial charge in [-0.05, 0) is 18.6 Å². The summed E-state index contributed by atoms with van der Waals surface area (Å²) in [5.41, 5.74) is 3.13. The van der Waals surface area contributed by atoms with Crippen LogP contribution in [0.15, 0.2) is 17.2 Å². The lowest BCUT2D eigenvalue weighted by atomic mass is 10.1. The van der Waals surface area contributed by atoms with Crippen molar-refractivity contribution in [3.8, 4) is 11.5 Å². The highest BCUT2D eigenvalue weighted by molar-refractivity contribution is 5.86. The first kappa shape index (κ1) is 11.8. The number of nitrogens with zero attached hydrogens (tertiary/aromatic N) is 1. The summed E-state index contributed by atoms with van der Waals surface area (Å²) in [5, 5.41) is 22.2. The Kier molecular flexibility index (Phi) is 3.71. The number of aromatic hydroxyl groups is 2. The second-order valence-electron chi connectivity index (χ2n) is 3.06. The van der Waals surface area contributed by atoms with E-state index in [-0.39, 0.29) is 11.5 Å². The first-order chi connectivity index (χ1) is 7.54. The lowest BCUT2D eigenvalue weighted by Crippen LogP contribution is -2.16. The van der Waals surface area contributed by atoms with Crippen LogP contribution in [0, 0.1) is 6.92 Å². The minimum Gasteiger partial charge on any atom is -0.508 e. The third-order valence-corrected chi connectivity index (χ3v) is 1.88. The number of benzene rings is 1. The van der Waals surface area contributed by atoms with Crippen LogP contribution in [0.5, 0.6) is 11.5 Å². The van der Waals surface area contributed by atoms with Crippen molar-refractivity contribution < 1.29 is 19.7 Å². The fraction of sp³-hybridized carbons (Fsp3) is 0.200. The minimum atomic E-state index is -0.702. The van der Waals surface area contributed by atoms with Crippen LogP contribution in [-0.4, -0.2) is 29.6 Å². The number of hydrogen-bond acceptors (Lipinski definition) is 5. The number of amides is 1. The van der Waals surface area contributed by atoms with E-state index in [1.165, 1.54) is 25.5 Å². The van der Waals surface area contributed by atoms with E-state index < -0.39 is 6.09 Å². The number of rotatable bonds is 2. The predicted octanol–water partition coefficient (Wildman–Crippen LogP) is 1.10. The summed E-state index contributed by atoms with van der Waals surface area (Å²) in [5.74, 6) is -0.152. The van der Waals surface area contributed by atoms with Crippen LogP contribution in [0.3, 0.4) is 0 Å². The maximum atomic E-state index is 10.7. The van der Waals surface area contributed by atoms with E-state index >= 15 is 0 Å². The van der Waals surface area contributed by atoms with Crippen molar-refractivity contribution in [2.24, 2.45) is 5.10 Å². The van der Waals surface area contributed by atoms with E-state index in [2.05, 4.69) is 15.3 Å². The lowest BCUT2D eigenvalue weighted by Gasteiger charge is -2.04. The Labute approximate surface area is 92.2 Å². The molecule has 0 heterocycles. The van der Waals surface area contributed by atoms with E-state index in [9.17, 15) is 15.0 Å². The summed E-state index contributed by atoms with van der Waals surface area (Å²) in [6, 6.07) is 2.66. The second kappa shape index (κ2) is 5.01. The standard InChI is InChI=1S/C10H12N2O4/c1-6-3-7(13)4-9(14)8(6)5-11-12-10(15)16-2/h3-5,13-14H,1-2H3,(H,12,15). The highest BCUT2D eigenvalue weighted by atomic mass is 16.5. The van der Waals surface area contributed by atoms with E-state index in [1.54, 1.807) is 6.92 Å². The highest BCUT2D eigenvalue weighted by Crippen LogP contribution is 2.24. The third-order valence-electron chi connectivity index (χ3n) is 1.88. The van der Waals surface area contributed by atoms with Crippen LogP contribution in [0.1, 0.15) is 11.1 Å². The maximum absolute atomic E-state index is 10.7. The largest absolute Gasteiger partial charge is 0.508 e. The number of carbonyl (C=O) groups excluding carboxylic acids is 1. The van der Waals surface area contributed by atoms with Gasteiger partial charge in [0, 0.05) is 11.6 Å². The van der Waals surface area contributed by atoms with E-state index in [4.69, 9.17) is 0 Å². The molecule has 0 aliphatic rings.